The quantitative estimate of drug-likeness (QED) is 0.661. The lowest BCUT2D eigenvalue weighted by Crippen LogP contribution is -2.75. The van der Waals surface area contributed by atoms with Crippen LogP contribution in [-0.4, -0.2) is 36.8 Å². The molecule has 8 heteroatoms. The van der Waals surface area contributed by atoms with Gasteiger partial charge in [0.2, 0.25) is 5.79 Å². The minimum atomic E-state index is -4.68. The summed E-state index contributed by atoms with van der Waals surface area (Å²) in [6.45, 7) is 5.33. The van der Waals surface area contributed by atoms with Crippen LogP contribution in [0.1, 0.15) is 46.5 Å². The predicted octanol–water partition coefficient (Wildman–Crippen LogP) is 3.77. The Morgan fingerprint density at radius 2 is 1.72 bits per heavy atom. The lowest BCUT2D eigenvalue weighted by atomic mass is 9.57. The SMILES string of the molecule is CO[C@@]1(C(F)(F)F)OC2O[C@]3(C)CCC4[C@H](C)CCC([C@H]1C)[C@@]24OO3. The summed E-state index contributed by atoms with van der Waals surface area (Å²) in [4.78, 5) is 11.4. The fourth-order valence-corrected chi connectivity index (χ4v) is 5.59. The molecule has 3 unspecified atom stereocenters. The van der Waals surface area contributed by atoms with Crippen LogP contribution >= 0.6 is 0 Å². The molecule has 0 radical (unpaired) electrons. The zero-order chi connectivity index (χ0) is 18.3. The van der Waals surface area contributed by atoms with Crippen molar-refractivity contribution in [3.63, 3.8) is 0 Å². The Labute approximate surface area is 145 Å². The Hall–Kier alpha value is -0.410. The van der Waals surface area contributed by atoms with Gasteiger partial charge in [-0.1, -0.05) is 13.8 Å². The van der Waals surface area contributed by atoms with Crippen LogP contribution < -0.4 is 0 Å². The number of ether oxygens (including phenoxy) is 3. The maximum absolute atomic E-state index is 14.0. The molecule has 0 aromatic rings. The standard InChI is InChI=1S/C17H25F3O5/c1-9-5-6-12-10(2)16(21-4,17(18,19)20)23-13-15(12)11(9)7-8-14(3,22-13)24-25-15/h9-13H,5-8H2,1-4H3/t9-,10-,11?,12?,13?,14+,15-,16-/m1/s1. The molecule has 0 aromatic heterocycles. The highest BCUT2D eigenvalue weighted by Crippen LogP contribution is 2.64. The summed E-state index contributed by atoms with van der Waals surface area (Å²) in [7, 11) is 1.04. The van der Waals surface area contributed by atoms with Gasteiger partial charge in [-0.3, -0.25) is 0 Å². The number of halogens is 3. The highest BCUT2D eigenvalue weighted by molar-refractivity contribution is 5.12. The number of rotatable bonds is 1. The van der Waals surface area contributed by atoms with E-state index in [0.717, 1.165) is 20.0 Å². The van der Waals surface area contributed by atoms with Crippen LogP contribution in [0.2, 0.25) is 0 Å². The second kappa shape index (κ2) is 5.32. The number of fused-ring (bicyclic) bond motifs is 2. The van der Waals surface area contributed by atoms with Gasteiger partial charge in [0.25, 0.3) is 5.79 Å². The fourth-order valence-electron chi connectivity index (χ4n) is 5.59. The van der Waals surface area contributed by atoms with Gasteiger partial charge in [-0.05, 0) is 38.0 Å². The molecule has 5 aliphatic rings. The van der Waals surface area contributed by atoms with Gasteiger partial charge >= 0.3 is 6.18 Å². The molecule has 2 bridgehead atoms. The summed E-state index contributed by atoms with van der Waals surface area (Å²) in [6, 6.07) is 0. The zero-order valence-corrected chi connectivity index (χ0v) is 14.9. The van der Waals surface area contributed by atoms with Gasteiger partial charge < -0.3 is 14.2 Å². The molecule has 4 aliphatic heterocycles. The molecular weight excluding hydrogens is 341 g/mol. The van der Waals surface area contributed by atoms with E-state index in [2.05, 4.69) is 6.92 Å². The average Bonchev–Trinajstić information content (AvgIpc) is 2.76. The molecule has 25 heavy (non-hydrogen) atoms. The lowest BCUT2D eigenvalue weighted by molar-refractivity contribution is -0.597. The van der Waals surface area contributed by atoms with Crippen molar-refractivity contribution in [3.05, 3.63) is 0 Å². The molecule has 1 saturated carbocycles. The minimum absolute atomic E-state index is 0.0196. The third-order valence-corrected chi connectivity index (χ3v) is 6.96. The maximum atomic E-state index is 14.0. The molecule has 8 atom stereocenters. The molecule has 4 saturated heterocycles. The monoisotopic (exact) mass is 366 g/mol. The molecule has 1 spiro atoms. The van der Waals surface area contributed by atoms with Crippen molar-refractivity contribution in [2.45, 2.75) is 76.1 Å². The van der Waals surface area contributed by atoms with E-state index in [1.165, 1.54) is 6.92 Å². The third-order valence-electron chi connectivity index (χ3n) is 6.96. The summed E-state index contributed by atoms with van der Waals surface area (Å²) in [6.07, 6.45) is -3.11. The van der Waals surface area contributed by atoms with Crippen LogP contribution in [0.25, 0.3) is 0 Å². The first-order valence-corrected chi connectivity index (χ1v) is 8.94. The van der Waals surface area contributed by atoms with E-state index in [9.17, 15) is 13.2 Å². The van der Waals surface area contributed by atoms with E-state index in [1.807, 2.05) is 0 Å². The van der Waals surface area contributed by atoms with Crippen molar-refractivity contribution in [1.82, 2.24) is 0 Å². The van der Waals surface area contributed by atoms with E-state index >= 15 is 0 Å². The topological polar surface area (TPSA) is 46.2 Å². The number of methoxy groups -OCH3 is 1. The fraction of sp³-hybridized carbons (Fsp3) is 1.00. The first-order valence-electron chi connectivity index (χ1n) is 8.94. The van der Waals surface area contributed by atoms with E-state index in [-0.39, 0.29) is 5.92 Å². The van der Waals surface area contributed by atoms with Crippen LogP contribution in [-0.2, 0) is 24.0 Å². The number of hydrogen-bond donors (Lipinski definition) is 0. The van der Waals surface area contributed by atoms with Crippen molar-refractivity contribution in [1.29, 1.82) is 0 Å². The van der Waals surface area contributed by atoms with Crippen molar-refractivity contribution in [2.24, 2.45) is 23.7 Å². The lowest BCUT2D eigenvalue weighted by Gasteiger charge is -2.62. The second-order valence-corrected chi connectivity index (χ2v) is 8.19. The first kappa shape index (κ1) is 18.0. The van der Waals surface area contributed by atoms with Crippen LogP contribution in [0, 0.1) is 23.7 Å². The van der Waals surface area contributed by atoms with Gasteiger partial charge in [0.05, 0.1) is 0 Å². The average molecular weight is 366 g/mol. The van der Waals surface area contributed by atoms with Crippen LogP contribution in [0.15, 0.2) is 0 Å². The van der Waals surface area contributed by atoms with Gasteiger partial charge in [-0.25, -0.2) is 9.78 Å². The molecule has 0 aromatic carbocycles. The van der Waals surface area contributed by atoms with Crippen LogP contribution in [0.4, 0.5) is 13.2 Å². The maximum Gasteiger partial charge on any atom is 0.443 e. The second-order valence-electron chi connectivity index (χ2n) is 8.19. The molecule has 144 valence electrons. The molecular formula is C17H25F3O5. The third kappa shape index (κ3) is 2.15. The zero-order valence-electron chi connectivity index (χ0n) is 14.9. The molecule has 0 amide bonds. The molecule has 5 rings (SSSR count). The van der Waals surface area contributed by atoms with Crippen molar-refractivity contribution in [2.75, 3.05) is 7.11 Å². The number of alkyl halides is 3. The van der Waals surface area contributed by atoms with Gasteiger partial charge in [0.1, 0.15) is 0 Å². The molecule has 1 aliphatic carbocycles. The molecule has 5 fully saturated rings. The summed E-state index contributed by atoms with van der Waals surface area (Å²) < 4.78 is 58.4. The first-order chi connectivity index (χ1) is 11.6. The van der Waals surface area contributed by atoms with E-state index in [0.29, 0.717) is 18.8 Å². The van der Waals surface area contributed by atoms with Gasteiger partial charge in [0.15, 0.2) is 11.9 Å². The van der Waals surface area contributed by atoms with E-state index in [4.69, 9.17) is 24.0 Å². The molecule has 4 heterocycles. The highest BCUT2D eigenvalue weighted by atomic mass is 19.4. The minimum Gasteiger partial charge on any atom is -0.346 e. The van der Waals surface area contributed by atoms with Crippen LogP contribution in [0.3, 0.4) is 0 Å². The summed E-state index contributed by atoms with van der Waals surface area (Å²) >= 11 is 0. The normalized spacial score (nSPS) is 55.6. The Balaban J connectivity index is 1.85. The van der Waals surface area contributed by atoms with Gasteiger partial charge in [-0.15, -0.1) is 0 Å². The Bertz CT molecular complexity index is 557. The Morgan fingerprint density at radius 1 is 1.00 bits per heavy atom. The molecule has 0 N–H and O–H groups in total. The van der Waals surface area contributed by atoms with E-state index in [1.54, 1.807) is 6.92 Å². The largest absolute Gasteiger partial charge is 0.443 e. The van der Waals surface area contributed by atoms with Crippen molar-refractivity contribution < 1.29 is 37.2 Å². The Morgan fingerprint density at radius 3 is 2.36 bits per heavy atom. The Kier molecular flexibility index (Phi) is 3.82. The smallest absolute Gasteiger partial charge is 0.346 e. The van der Waals surface area contributed by atoms with Crippen LogP contribution in [0.5, 0.6) is 0 Å². The van der Waals surface area contributed by atoms with Gasteiger partial charge in [0, 0.05) is 25.4 Å². The van der Waals surface area contributed by atoms with Gasteiger partial charge in [-0.2, -0.15) is 13.2 Å². The summed E-state index contributed by atoms with van der Waals surface area (Å²) in [5.41, 5.74) is -1.03. The summed E-state index contributed by atoms with van der Waals surface area (Å²) in [5, 5.41) is 0. The molecule has 5 nitrogen and oxygen atoms in total. The number of hydrogen-bond acceptors (Lipinski definition) is 5. The predicted molar refractivity (Wildman–Crippen MR) is 78.8 cm³/mol. The van der Waals surface area contributed by atoms with Crippen molar-refractivity contribution in [3.8, 4) is 0 Å². The summed E-state index contributed by atoms with van der Waals surface area (Å²) in [5.74, 6) is -4.88. The van der Waals surface area contributed by atoms with Crippen molar-refractivity contribution >= 4 is 0 Å². The highest BCUT2D eigenvalue weighted by Gasteiger charge is 2.77. The van der Waals surface area contributed by atoms with E-state index < -0.39 is 41.5 Å².